The van der Waals surface area contributed by atoms with Crippen molar-refractivity contribution in [3.63, 3.8) is 0 Å². The summed E-state index contributed by atoms with van der Waals surface area (Å²) in [5.41, 5.74) is 0.703. The Balaban J connectivity index is 1.86. The Morgan fingerprint density at radius 1 is 1.16 bits per heavy atom. The zero-order chi connectivity index (χ0) is 18.4. The number of carbonyl (C=O) groups excluding carboxylic acids is 1. The van der Waals surface area contributed by atoms with E-state index in [1.807, 2.05) is 18.2 Å². The molecule has 2 aromatic rings. The minimum absolute atomic E-state index is 0.0662. The predicted molar refractivity (Wildman–Crippen MR) is 97.0 cm³/mol. The van der Waals surface area contributed by atoms with E-state index < -0.39 is 11.6 Å². The van der Waals surface area contributed by atoms with Crippen LogP contribution >= 0.6 is 0 Å². The lowest BCUT2D eigenvalue weighted by Gasteiger charge is -2.24. The lowest BCUT2D eigenvalue weighted by atomic mass is 9.96. The molecule has 0 heterocycles. The van der Waals surface area contributed by atoms with Crippen LogP contribution in [0.3, 0.4) is 0 Å². The number of hydrogen-bond donors (Lipinski definition) is 3. The number of hydrogen-bond acceptors (Lipinski definition) is 3. The number of anilines is 1. The monoisotopic (exact) mass is 345 g/mol. The van der Waals surface area contributed by atoms with E-state index in [0.717, 1.165) is 5.56 Å². The van der Waals surface area contributed by atoms with Crippen molar-refractivity contribution >= 4 is 11.7 Å². The van der Waals surface area contributed by atoms with Crippen molar-refractivity contribution < 1.29 is 14.3 Å². The molecule has 6 heteroatoms. The zero-order valence-electron chi connectivity index (χ0n) is 14.7. The molecule has 2 amide bonds. The summed E-state index contributed by atoms with van der Waals surface area (Å²) in [6, 6.07) is 13.5. The van der Waals surface area contributed by atoms with Gasteiger partial charge in [0.1, 0.15) is 11.4 Å². The molecule has 1 unspecified atom stereocenters. The molecule has 0 aliphatic rings. The predicted octanol–water partition coefficient (Wildman–Crippen LogP) is 2.60. The van der Waals surface area contributed by atoms with E-state index in [4.69, 9.17) is 0 Å². The summed E-state index contributed by atoms with van der Waals surface area (Å²) in [7, 11) is 3.53. The van der Waals surface area contributed by atoms with Crippen LogP contribution in [0, 0.1) is 5.82 Å². The molecule has 3 N–H and O–H groups in total. The number of urea groups is 1. The molecule has 0 spiro atoms. The van der Waals surface area contributed by atoms with Gasteiger partial charge >= 0.3 is 6.03 Å². The molecule has 2 aromatic carbocycles. The molecule has 134 valence electrons. The molecule has 5 nitrogen and oxygen atoms in total. The Labute approximate surface area is 147 Å². The van der Waals surface area contributed by atoms with Crippen LogP contribution in [0.4, 0.5) is 14.9 Å². The summed E-state index contributed by atoms with van der Waals surface area (Å²) in [5, 5.41) is 15.7. The maximum absolute atomic E-state index is 13.9. The van der Waals surface area contributed by atoms with Crippen molar-refractivity contribution in [2.75, 3.05) is 25.5 Å². The fraction of sp³-hybridized carbons (Fsp3) is 0.316. The van der Waals surface area contributed by atoms with Crippen molar-refractivity contribution in [3.8, 4) is 0 Å². The lowest BCUT2D eigenvalue weighted by Crippen LogP contribution is -2.43. The van der Waals surface area contributed by atoms with Crippen LogP contribution in [0.2, 0.25) is 0 Å². The molecule has 25 heavy (non-hydrogen) atoms. The highest BCUT2D eigenvalue weighted by Crippen LogP contribution is 2.19. The van der Waals surface area contributed by atoms with Crippen molar-refractivity contribution in [1.29, 1.82) is 0 Å². The first-order valence-corrected chi connectivity index (χ1v) is 8.05. The molecule has 1 atom stereocenters. The van der Waals surface area contributed by atoms with Gasteiger partial charge in [0, 0.05) is 20.6 Å². The van der Waals surface area contributed by atoms with Crippen LogP contribution in [0.25, 0.3) is 0 Å². The number of benzene rings is 2. The molecule has 0 saturated carbocycles. The molecule has 0 fully saturated rings. The molecular formula is C19H24FN3O2. The highest BCUT2D eigenvalue weighted by Gasteiger charge is 2.23. The van der Waals surface area contributed by atoms with E-state index in [9.17, 15) is 14.3 Å². The van der Waals surface area contributed by atoms with Crippen LogP contribution in [-0.2, 0) is 12.1 Å². The Hall–Kier alpha value is -2.60. The van der Waals surface area contributed by atoms with Gasteiger partial charge < -0.3 is 20.6 Å². The maximum atomic E-state index is 13.9. The minimum Gasteiger partial charge on any atom is -0.384 e. The average Bonchev–Trinajstić information content (AvgIpc) is 2.58. The third kappa shape index (κ3) is 5.19. The number of carbonyl (C=O) groups is 1. The summed E-state index contributed by atoms with van der Waals surface area (Å²) < 4.78 is 13.9. The highest BCUT2D eigenvalue weighted by atomic mass is 19.1. The number of halogens is 1. The average molecular weight is 345 g/mol. The van der Waals surface area contributed by atoms with Gasteiger partial charge in [-0.1, -0.05) is 36.4 Å². The summed E-state index contributed by atoms with van der Waals surface area (Å²) in [4.78, 5) is 13.6. The first-order chi connectivity index (χ1) is 11.8. The van der Waals surface area contributed by atoms with E-state index in [-0.39, 0.29) is 18.9 Å². The first kappa shape index (κ1) is 18.7. The van der Waals surface area contributed by atoms with Crippen LogP contribution in [0.1, 0.15) is 18.1 Å². The van der Waals surface area contributed by atoms with E-state index in [1.165, 1.54) is 6.07 Å². The minimum atomic E-state index is -1.17. The van der Waals surface area contributed by atoms with E-state index in [2.05, 4.69) is 10.6 Å². The van der Waals surface area contributed by atoms with Crippen molar-refractivity contribution in [2.45, 2.75) is 19.1 Å². The Morgan fingerprint density at radius 2 is 1.84 bits per heavy atom. The number of amides is 2. The van der Waals surface area contributed by atoms with Gasteiger partial charge in [-0.2, -0.15) is 0 Å². The largest absolute Gasteiger partial charge is 0.384 e. The van der Waals surface area contributed by atoms with Gasteiger partial charge in [0.05, 0.1) is 12.2 Å². The molecule has 0 aliphatic carbocycles. The first-order valence-electron chi connectivity index (χ1n) is 8.05. The second kappa shape index (κ2) is 7.98. The molecular weight excluding hydrogens is 321 g/mol. The summed E-state index contributed by atoms with van der Waals surface area (Å²) in [6.45, 7) is 1.90. The van der Waals surface area contributed by atoms with Crippen LogP contribution < -0.4 is 15.5 Å². The second-order valence-corrected chi connectivity index (χ2v) is 6.36. The van der Waals surface area contributed by atoms with Gasteiger partial charge in [-0.15, -0.1) is 0 Å². The topological polar surface area (TPSA) is 64.6 Å². The molecule has 0 aromatic heterocycles. The Bertz CT molecular complexity index is 718. The number of aliphatic hydroxyl groups is 1. The van der Waals surface area contributed by atoms with Crippen molar-refractivity contribution in [1.82, 2.24) is 10.6 Å². The molecule has 0 bridgehead atoms. The summed E-state index contributed by atoms with van der Waals surface area (Å²) in [5.74, 6) is -0.336. The van der Waals surface area contributed by atoms with Gasteiger partial charge in [-0.3, -0.25) is 0 Å². The Kier molecular flexibility index (Phi) is 5.98. The third-order valence-electron chi connectivity index (χ3n) is 3.94. The van der Waals surface area contributed by atoms with E-state index >= 15 is 0 Å². The second-order valence-electron chi connectivity index (χ2n) is 6.36. The van der Waals surface area contributed by atoms with Crippen molar-refractivity contribution in [3.05, 3.63) is 65.5 Å². The number of nitrogens with zero attached hydrogens (tertiary/aromatic N) is 1. The van der Waals surface area contributed by atoms with Gasteiger partial charge in [0.15, 0.2) is 0 Å². The quantitative estimate of drug-likeness (QED) is 0.754. The number of rotatable bonds is 6. The Morgan fingerprint density at radius 3 is 2.44 bits per heavy atom. The fourth-order valence-electron chi connectivity index (χ4n) is 2.42. The van der Waals surface area contributed by atoms with E-state index in [1.54, 1.807) is 50.2 Å². The molecule has 2 rings (SSSR count). The SMILES string of the molecule is CN(C)c1ccc(CNC(=O)NCC(C)(O)c2ccccc2)cc1F. The molecule has 0 saturated heterocycles. The van der Waals surface area contributed by atoms with Crippen molar-refractivity contribution in [2.24, 2.45) is 0 Å². The van der Waals surface area contributed by atoms with Gasteiger partial charge in [-0.25, -0.2) is 9.18 Å². The zero-order valence-corrected chi connectivity index (χ0v) is 14.7. The summed E-state index contributed by atoms with van der Waals surface area (Å²) in [6.07, 6.45) is 0. The third-order valence-corrected chi connectivity index (χ3v) is 3.94. The van der Waals surface area contributed by atoms with Crippen LogP contribution in [0.5, 0.6) is 0 Å². The van der Waals surface area contributed by atoms with E-state index in [0.29, 0.717) is 11.3 Å². The standard InChI is InChI=1S/C19H24FN3O2/c1-19(25,15-7-5-4-6-8-15)13-22-18(24)21-12-14-9-10-17(23(2)3)16(20)11-14/h4-11,25H,12-13H2,1-3H3,(H2,21,22,24). The summed E-state index contributed by atoms with van der Waals surface area (Å²) >= 11 is 0. The number of nitrogens with one attached hydrogen (secondary N) is 2. The van der Waals surface area contributed by atoms with Gasteiger partial charge in [-0.05, 0) is 30.2 Å². The molecule has 0 aliphatic heterocycles. The van der Waals surface area contributed by atoms with Crippen LogP contribution in [0.15, 0.2) is 48.5 Å². The lowest BCUT2D eigenvalue weighted by molar-refractivity contribution is 0.0594. The van der Waals surface area contributed by atoms with Gasteiger partial charge in [0.25, 0.3) is 0 Å². The normalized spacial score (nSPS) is 13.0. The maximum Gasteiger partial charge on any atom is 0.315 e. The highest BCUT2D eigenvalue weighted by molar-refractivity contribution is 5.74. The van der Waals surface area contributed by atoms with Gasteiger partial charge in [0.2, 0.25) is 0 Å². The van der Waals surface area contributed by atoms with Crippen LogP contribution in [-0.4, -0.2) is 31.8 Å². The fourth-order valence-corrected chi connectivity index (χ4v) is 2.42. The smallest absolute Gasteiger partial charge is 0.315 e. The molecule has 0 radical (unpaired) electrons.